The minimum Gasteiger partial charge on any atom is -0.394 e. The highest BCUT2D eigenvalue weighted by molar-refractivity contribution is 4.61. The van der Waals surface area contributed by atoms with E-state index in [9.17, 15) is 5.11 Å². The highest BCUT2D eigenvalue weighted by atomic mass is 16.6. The fraction of sp³-hybridized carbons (Fsp3) is 1.00. The van der Waals surface area contributed by atoms with Crippen LogP contribution < -0.4 is 0 Å². The molecule has 0 radical (unpaired) electrons. The summed E-state index contributed by atoms with van der Waals surface area (Å²) in [5, 5.41) is 18.9. The molecule has 0 spiro atoms. The fourth-order valence-electron chi connectivity index (χ4n) is 4.11. The predicted octanol–water partition coefficient (Wildman–Crippen LogP) is 3.83. The van der Waals surface area contributed by atoms with Gasteiger partial charge >= 0.3 is 0 Å². The maximum atomic E-state index is 9.81. The molecule has 0 saturated carbocycles. The molecule has 12 atom stereocenters. The lowest BCUT2D eigenvalue weighted by atomic mass is 10.3. The van der Waals surface area contributed by atoms with Crippen molar-refractivity contribution in [3.8, 4) is 0 Å². The van der Waals surface area contributed by atoms with E-state index >= 15 is 0 Å². The van der Waals surface area contributed by atoms with Crippen LogP contribution in [0.25, 0.3) is 0 Å². The van der Waals surface area contributed by atoms with Gasteiger partial charge in [0.15, 0.2) is 0 Å². The Morgan fingerprint density at radius 1 is 0.308 bits per heavy atom. The second-order valence-electron chi connectivity index (χ2n) is 14.1. The monoisotopic (exact) mass is 759 g/mol. The third kappa shape index (κ3) is 31.8. The van der Waals surface area contributed by atoms with Gasteiger partial charge in [0.1, 0.15) is 6.10 Å². The van der Waals surface area contributed by atoms with E-state index in [-0.39, 0.29) is 87.0 Å². The van der Waals surface area contributed by atoms with Gasteiger partial charge in [-0.2, -0.15) is 0 Å². The van der Waals surface area contributed by atoms with E-state index in [0.29, 0.717) is 72.7 Å². The van der Waals surface area contributed by atoms with Crippen LogP contribution in [0.2, 0.25) is 0 Å². The van der Waals surface area contributed by atoms with E-state index < -0.39 is 6.10 Å². The molecule has 0 bridgehead atoms. The highest BCUT2D eigenvalue weighted by Gasteiger charge is 2.16. The topological polar surface area (TPSA) is 151 Å². The van der Waals surface area contributed by atoms with Crippen molar-refractivity contribution in [3.05, 3.63) is 0 Å². The third-order valence-corrected chi connectivity index (χ3v) is 7.50. The third-order valence-electron chi connectivity index (χ3n) is 7.50. The number of ether oxygens (including phenoxy) is 12. The Labute approximate surface area is 315 Å². The van der Waals surface area contributed by atoms with Crippen LogP contribution in [-0.4, -0.2) is 176 Å². The first-order valence-corrected chi connectivity index (χ1v) is 19.3. The summed E-state index contributed by atoms with van der Waals surface area (Å²) in [6.07, 6.45) is -1.82. The number of hydrogen-bond donors (Lipinski definition) is 2. The zero-order valence-corrected chi connectivity index (χ0v) is 34.6. The van der Waals surface area contributed by atoms with Crippen LogP contribution in [0, 0.1) is 0 Å². The van der Waals surface area contributed by atoms with E-state index in [0.717, 1.165) is 0 Å². The lowest BCUT2D eigenvalue weighted by Gasteiger charge is -2.23. The second kappa shape index (κ2) is 32.7. The van der Waals surface area contributed by atoms with Gasteiger partial charge in [-0.25, -0.2) is 0 Å². The molecule has 0 aromatic carbocycles. The van der Waals surface area contributed by atoms with Crippen LogP contribution >= 0.6 is 0 Å². The average Bonchev–Trinajstić information content (AvgIpc) is 3.13. The standard InChI is InChI=1S/C38H78O14/c1-13-41-25-38(40)26-52-37(12)24-51-36(11)23-50-35(10)22-49-34(9)21-48-33(8)20-47-32(7)19-46-31(6)18-45-30(5)17-44-29(4)16-43-28(3)15-42-27(2)14-39/h27-40H,13-26H2,1-12H3. The molecule has 52 heavy (non-hydrogen) atoms. The molecule has 0 aliphatic rings. The molecule has 0 saturated heterocycles. The van der Waals surface area contributed by atoms with Crippen molar-refractivity contribution in [1.82, 2.24) is 0 Å². The molecule has 0 aliphatic carbocycles. The Balaban J connectivity index is 3.94. The summed E-state index contributed by atoms with van der Waals surface area (Å²) in [5.41, 5.74) is 0. The van der Waals surface area contributed by atoms with Crippen LogP contribution in [-0.2, 0) is 56.8 Å². The zero-order chi connectivity index (χ0) is 39.3. The Hall–Kier alpha value is -0.560. The van der Waals surface area contributed by atoms with Crippen LogP contribution in [0.1, 0.15) is 83.1 Å². The first-order chi connectivity index (χ1) is 24.6. The lowest BCUT2D eigenvalue weighted by Crippen LogP contribution is -2.31. The molecule has 0 amide bonds. The van der Waals surface area contributed by atoms with Crippen molar-refractivity contribution in [2.45, 2.75) is 156 Å². The summed E-state index contributed by atoms with van der Waals surface area (Å²) >= 11 is 0. The highest BCUT2D eigenvalue weighted by Crippen LogP contribution is 2.07. The Kier molecular flexibility index (Phi) is 32.3. The number of rotatable bonds is 37. The van der Waals surface area contributed by atoms with Gasteiger partial charge < -0.3 is 67.1 Å². The largest absolute Gasteiger partial charge is 0.394 e. The Bertz CT molecular complexity index is 782. The van der Waals surface area contributed by atoms with Gasteiger partial charge in [-0.3, -0.25) is 0 Å². The van der Waals surface area contributed by atoms with Crippen LogP contribution in [0.3, 0.4) is 0 Å². The molecular formula is C38H78O14. The smallest absolute Gasteiger partial charge is 0.101 e. The van der Waals surface area contributed by atoms with Crippen molar-refractivity contribution in [2.75, 3.05) is 92.5 Å². The van der Waals surface area contributed by atoms with E-state index in [4.69, 9.17) is 61.9 Å². The lowest BCUT2D eigenvalue weighted by molar-refractivity contribution is -0.114. The summed E-state index contributed by atoms with van der Waals surface area (Å²) in [6.45, 7) is 28.7. The molecule has 14 heteroatoms. The summed E-state index contributed by atoms with van der Waals surface area (Å²) in [4.78, 5) is 0. The maximum absolute atomic E-state index is 9.81. The number of aliphatic hydroxyl groups excluding tert-OH is 2. The van der Waals surface area contributed by atoms with Crippen LogP contribution in [0.15, 0.2) is 0 Å². The number of hydrogen-bond acceptors (Lipinski definition) is 14. The van der Waals surface area contributed by atoms with E-state index in [1.165, 1.54) is 0 Å². The molecule has 0 rings (SSSR count). The van der Waals surface area contributed by atoms with Gasteiger partial charge in [0, 0.05) is 6.61 Å². The van der Waals surface area contributed by atoms with Crippen molar-refractivity contribution < 1.29 is 67.1 Å². The van der Waals surface area contributed by atoms with Gasteiger partial charge in [-0.15, -0.1) is 0 Å². The first-order valence-electron chi connectivity index (χ1n) is 19.3. The summed E-state index contributed by atoms with van der Waals surface area (Å²) < 4.78 is 69.2. The molecule has 0 heterocycles. The second-order valence-corrected chi connectivity index (χ2v) is 14.1. The average molecular weight is 759 g/mol. The molecule has 12 unspecified atom stereocenters. The predicted molar refractivity (Wildman–Crippen MR) is 199 cm³/mol. The molecule has 314 valence electrons. The molecule has 14 nitrogen and oxygen atoms in total. The zero-order valence-electron chi connectivity index (χ0n) is 34.6. The molecule has 0 fully saturated rings. The van der Waals surface area contributed by atoms with Gasteiger partial charge in [-0.1, -0.05) is 0 Å². The van der Waals surface area contributed by atoms with E-state index in [2.05, 4.69) is 0 Å². The summed E-state index contributed by atoms with van der Waals surface area (Å²) in [5.74, 6) is 0. The molecule has 0 aromatic heterocycles. The Morgan fingerprint density at radius 2 is 0.500 bits per heavy atom. The summed E-state index contributed by atoms with van der Waals surface area (Å²) in [7, 11) is 0. The van der Waals surface area contributed by atoms with Crippen molar-refractivity contribution in [2.24, 2.45) is 0 Å². The normalized spacial score (nSPS) is 19.3. The minimum absolute atomic E-state index is 0.00783. The van der Waals surface area contributed by atoms with Crippen molar-refractivity contribution >= 4 is 0 Å². The van der Waals surface area contributed by atoms with E-state index in [1.807, 2.05) is 83.1 Å². The minimum atomic E-state index is -0.641. The van der Waals surface area contributed by atoms with Gasteiger partial charge in [0.25, 0.3) is 0 Å². The van der Waals surface area contributed by atoms with Crippen molar-refractivity contribution in [1.29, 1.82) is 0 Å². The van der Waals surface area contributed by atoms with Crippen LogP contribution in [0.4, 0.5) is 0 Å². The van der Waals surface area contributed by atoms with E-state index in [1.54, 1.807) is 0 Å². The Morgan fingerprint density at radius 3 is 0.692 bits per heavy atom. The molecule has 2 N–H and O–H groups in total. The summed E-state index contributed by atoms with van der Waals surface area (Å²) in [6, 6.07) is 0. The molecule has 0 aromatic rings. The van der Waals surface area contributed by atoms with Gasteiger partial charge in [-0.05, 0) is 83.1 Å². The maximum Gasteiger partial charge on any atom is 0.101 e. The van der Waals surface area contributed by atoms with Gasteiger partial charge in [0.05, 0.1) is 153 Å². The quantitative estimate of drug-likeness (QED) is 0.0945. The molecular weight excluding hydrogens is 680 g/mol. The van der Waals surface area contributed by atoms with Gasteiger partial charge in [0.2, 0.25) is 0 Å². The first kappa shape index (κ1) is 51.4. The fourth-order valence-corrected chi connectivity index (χ4v) is 4.11. The molecule has 0 aliphatic heterocycles. The SMILES string of the molecule is CCOCC(O)COC(C)COC(C)COC(C)COC(C)COC(C)COC(C)COC(C)COC(C)COC(C)COC(C)COC(C)CO. The number of aliphatic hydroxyl groups is 2. The van der Waals surface area contributed by atoms with Crippen molar-refractivity contribution in [3.63, 3.8) is 0 Å². The van der Waals surface area contributed by atoms with Crippen LogP contribution in [0.5, 0.6) is 0 Å².